The number of para-hydroxylation sites is 1. The first-order valence-corrected chi connectivity index (χ1v) is 8.37. The Kier molecular flexibility index (Phi) is 5.98. The number of carbonyl (C=O) groups excluding carboxylic acids is 1. The van der Waals surface area contributed by atoms with Crippen molar-refractivity contribution in [2.24, 2.45) is 0 Å². The van der Waals surface area contributed by atoms with Gasteiger partial charge in [-0.2, -0.15) is 0 Å². The SMILES string of the molecule is CC[C@@H](C)c1ccccc1NC(=O)C[NH+]1C[C@@H](C)O[C@H](C)C1. The number of benzene rings is 1. The Bertz CT molecular complexity index is 494. The maximum atomic E-state index is 12.4. The number of hydrogen-bond acceptors (Lipinski definition) is 2. The molecule has 1 aliphatic heterocycles. The number of morpholine rings is 1. The highest BCUT2D eigenvalue weighted by atomic mass is 16.5. The summed E-state index contributed by atoms with van der Waals surface area (Å²) < 4.78 is 5.73. The summed E-state index contributed by atoms with van der Waals surface area (Å²) in [5.41, 5.74) is 2.17. The minimum Gasteiger partial charge on any atom is -0.364 e. The third-order valence-electron chi connectivity index (χ3n) is 4.41. The Hall–Kier alpha value is -1.39. The topological polar surface area (TPSA) is 42.8 Å². The first kappa shape index (κ1) is 17.0. The van der Waals surface area contributed by atoms with E-state index in [4.69, 9.17) is 4.74 Å². The van der Waals surface area contributed by atoms with Crippen molar-refractivity contribution in [3.63, 3.8) is 0 Å². The molecule has 0 radical (unpaired) electrons. The molecule has 0 aromatic heterocycles. The Balaban J connectivity index is 1.97. The van der Waals surface area contributed by atoms with Crippen LogP contribution in [0.2, 0.25) is 0 Å². The molecule has 1 amide bonds. The monoisotopic (exact) mass is 305 g/mol. The Morgan fingerprint density at radius 3 is 2.59 bits per heavy atom. The fourth-order valence-electron chi connectivity index (χ4n) is 3.22. The van der Waals surface area contributed by atoms with Gasteiger partial charge < -0.3 is 15.0 Å². The van der Waals surface area contributed by atoms with Crippen LogP contribution in [0.3, 0.4) is 0 Å². The molecule has 1 fully saturated rings. The second kappa shape index (κ2) is 7.75. The summed E-state index contributed by atoms with van der Waals surface area (Å²) in [5.74, 6) is 0.541. The van der Waals surface area contributed by atoms with Gasteiger partial charge in [0.1, 0.15) is 25.3 Å². The van der Waals surface area contributed by atoms with E-state index in [2.05, 4.69) is 39.1 Å². The molecule has 1 aromatic carbocycles. The van der Waals surface area contributed by atoms with Crippen molar-refractivity contribution in [3.8, 4) is 0 Å². The summed E-state index contributed by atoms with van der Waals surface area (Å²) in [6.07, 6.45) is 1.51. The van der Waals surface area contributed by atoms with Gasteiger partial charge in [-0.15, -0.1) is 0 Å². The molecule has 0 bridgehead atoms. The van der Waals surface area contributed by atoms with Crippen LogP contribution in [0.25, 0.3) is 0 Å². The van der Waals surface area contributed by atoms with E-state index in [-0.39, 0.29) is 18.1 Å². The van der Waals surface area contributed by atoms with E-state index in [1.54, 1.807) is 0 Å². The number of amides is 1. The molecular formula is C18H29N2O2+. The van der Waals surface area contributed by atoms with Crippen LogP contribution in [0.1, 0.15) is 45.6 Å². The standard InChI is InChI=1S/C18H28N2O2/c1-5-13(2)16-8-6-7-9-17(16)19-18(21)12-20-10-14(3)22-15(4)11-20/h6-9,13-15H,5,10-12H2,1-4H3,(H,19,21)/p+1/t13-,14-,15-/m1/s1. The van der Waals surface area contributed by atoms with E-state index in [9.17, 15) is 4.79 Å². The van der Waals surface area contributed by atoms with Crippen LogP contribution in [-0.2, 0) is 9.53 Å². The Morgan fingerprint density at radius 2 is 1.95 bits per heavy atom. The summed E-state index contributed by atoms with van der Waals surface area (Å²) in [7, 11) is 0. The molecular weight excluding hydrogens is 276 g/mol. The normalized spacial score (nSPS) is 26.5. The van der Waals surface area contributed by atoms with Crippen molar-refractivity contribution in [1.29, 1.82) is 0 Å². The lowest BCUT2D eigenvalue weighted by atomic mass is 9.97. The van der Waals surface area contributed by atoms with E-state index in [0.29, 0.717) is 12.5 Å². The lowest BCUT2D eigenvalue weighted by Gasteiger charge is -2.32. The number of quaternary nitrogens is 1. The van der Waals surface area contributed by atoms with Crippen molar-refractivity contribution in [3.05, 3.63) is 29.8 Å². The van der Waals surface area contributed by atoms with Gasteiger partial charge in [0.15, 0.2) is 6.54 Å². The Morgan fingerprint density at radius 1 is 1.32 bits per heavy atom. The highest BCUT2D eigenvalue weighted by Crippen LogP contribution is 2.26. The number of hydrogen-bond donors (Lipinski definition) is 2. The van der Waals surface area contributed by atoms with Gasteiger partial charge in [-0.05, 0) is 37.8 Å². The zero-order chi connectivity index (χ0) is 16.1. The van der Waals surface area contributed by atoms with Crippen molar-refractivity contribution in [2.75, 3.05) is 25.0 Å². The van der Waals surface area contributed by atoms with Gasteiger partial charge in [-0.25, -0.2) is 0 Å². The smallest absolute Gasteiger partial charge is 0.279 e. The molecule has 3 atom stereocenters. The highest BCUT2D eigenvalue weighted by molar-refractivity contribution is 5.92. The maximum Gasteiger partial charge on any atom is 0.279 e. The van der Waals surface area contributed by atoms with Gasteiger partial charge in [0, 0.05) is 5.69 Å². The molecule has 122 valence electrons. The summed E-state index contributed by atoms with van der Waals surface area (Å²) in [5, 5.41) is 3.10. The molecule has 0 saturated carbocycles. The average molecular weight is 305 g/mol. The average Bonchev–Trinajstić information content (AvgIpc) is 2.45. The quantitative estimate of drug-likeness (QED) is 0.871. The number of rotatable bonds is 5. The van der Waals surface area contributed by atoms with E-state index in [1.165, 1.54) is 10.5 Å². The molecule has 0 spiro atoms. The van der Waals surface area contributed by atoms with Gasteiger partial charge in [0.25, 0.3) is 5.91 Å². The molecule has 2 N–H and O–H groups in total. The molecule has 22 heavy (non-hydrogen) atoms. The van der Waals surface area contributed by atoms with Crippen LogP contribution in [0, 0.1) is 0 Å². The maximum absolute atomic E-state index is 12.4. The lowest BCUT2D eigenvalue weighted by molar-refractivity contribution is -0.907. The molecule has 0 aliphatic carbocycles. The molecule has 0 unspecified atom stereocenters. The van der Waals surface area contributed by atoms with E-state index >= 15 is 0 Å². The minimum absolute atomic E-state index is 0.0899. The molecule has 4 heteroatoms. The number of ether oxygens (including phenoxy) is 1. The highest BCUT2D eigenvalue weighted by Gasteiger charge is 2.27. The van der Waals surface area contributed by atoms with Gasteiger partial charge >= 0.3 is 0 Å². The molecule has 1 heterocycles. The number of anilines is 1. The molecule has 1 saturated heterocycles. The molecule has 2 rings (SSSR count). The first-order valence-electron chi connectivity index (χ1n) is 8.37. The third kappa shape index (κ3) is 4.55. The summed E-state index contributed by atoms with van der Waals surface area (Å²) >= 11 is 0. The van der Waals surface area contributed by atoms with Crippen molar-refractivity contribution in [2.45, 2.75) is 52.2 Å². The second-order valence-electron chi connectivity index (χ2n) is 6.54. The van der Waals surface area contributed by atoms with Crippen LogP contribution in [0.15, 0.2) is 24.3 Å². The van der Waals surface area contributed by atoms with Gasteiger partial charge in [0.05, 0.1) is 0 Å². The van der Waals surface area contributed by atoms with Crippen LogP contribution < -0.4 is 10.2 Å². The largest absolute Gasteiger partial charge is 0.364 e. The van der Waals surface area contributed by atoms with Crippen LogP contribution in [0.4, 0.5) is 5.69 Å². The fraction of sp³-hybridized carbons (Fsp3) is 0.611. The zero-order valence-corrected chi connectivity index (χ0v) is 14.2. The first-order chi connectivity index (χ1) is 10.5. The predicted molar refractivity (Wildman–Crippen MR) is 89.4 cm³/mol. The van der Waals surface area contributed by atoms with Crippen LogP contribution >= 0.6 is 0 Å². The van der Waals surface area contributed by atoms with Crippen molar-refractivity contribution < 1.29 is 14.4 Å². The number of nitrogens with one attached hydrogen (secondary N) is 2. The summed E-state index contributed by atoms with van der Waals surface area (Å²) in [6, 6.07) is 8.12. The summed E-state index contributed by atoms with van der Waals surface area (Å²) in [4.78, 5) is 13.7. The van der Waals surface area contributed by atoms with Crippen LogP contribution in [0.5, 0.6) is 0 Å². The van der Waals surface area contributed by atoms with Crippen molar-refractivity contribution in [1.82, 2.24) is 0 Å². The van der Waals surface area contributed by atoms with Crippen molar-refractivity contribution >= 4 is 11.6 Å². The fourth-order valence-corrected chi connectivity index (χ4v) is 3.22. The van der Waals surface area contributed by atoms with E-state index < -0.39 is 0 Å². The van der Waals surface area contributed by atoms with Crippen LogP contribution in [-0.4, -0.2) is 37.7 Å². The van der Waals surface area contributed by atoms with E-state index in [1.807, 2.05) is 18.2 Å². The molecule has 4 nitrogen and oxygen atoms in total. The van der Waals surface area contributed by atoms with Gasteiger partial charge in [-0.1, -0.05) is 32.0 Å². The summed E-state index contributed by atoms with van der Waals surface area (Å²) in [6.45, 7) is 10.8. The number of carbonyl (C=O) groups is 1. The Labute approximate surface area is 133 Å². The minimum atomic E-state index is 0.0899. The zero-order valence-electron chi connectivity index (χ0n) is 14.2. The molecule has 1 aromatic rings. The van der Waals surface area contributed by atoms with Gasteiger partial charge in [0.2, 0.25) is 0 Å². The van der Waals surface area contributed by atoms with E-state index in [0.717, 1.165) is 25.2 Å². The second-order valence-corrected chi connectivity index (χ2v) is 6.54. The van der Waals surface area contributed by atoms with Gasteiger partial charge in [-0.3, -0.25) is 4.79 Å². The predicted octanol–water partition coefficient (Wildman–Crippen LogP) is 1.83. The third-order valence-corrected chi connectivity index (χ3v) is 4.41. The lowest BCUT2D eigenvalue weighted by Crippen LogP contribution is -3.16. The molecule has 1 aliphatic rings.